The minimum Gasteiger partial charge on any atom is -0.497 e. The molecule has 0 spiro atoms. The normalized spacial score (nSPS) is 10.5. The van der Waals surface area contributed by atoms with Crippen molar-refractivity contribution in [1.82, 2.24) is 10.2 Å². The first kappa shape index (κ1) is 14.1. The van der Waals surface area contributed by atoms with E-state index in [2.05, 4.69) is 10.2 Å². The van der Waals surface area contributed by atoms with E-state index in [0.717, 1.165) is 16.7 Å². The van der Waals surface area contributed by atoms with E-state index in [9.17, 15) is 0 Å². The Hall–Kier alpha value is -2.82. The zero-order valence-electron chi connectivity index (χ0n) is 12.7. The average Bonchev–Trinajstić information content (AvgIpc) is 3.04. The van der Waals surface area contributed by atoms with Crippen LogP contribution in [0.5, 0.6) is 11.5 Å². The third-order valence-corrected chi connectivity index (χ3v) is 3.44. The van der Waals surface area contributed by atoms with Crippen LogP contribution in [0.25, 0.3) is 22.9 Å². The molecule has 22 heavy (non-hydrogen) atoms. The summed E-state index contributed by atoms with van der Waals surface area (Å²) >= 11 is 0. The van der Waals surface area contributed by atoms with Gasteiger partial charge in [0.05, 0.1) is 19.8 Å². The molecule has 0 aliphatic carbocycles. The summed E-state index contributed by atoms with van der Waals surface area (Å²) in [4.78, 5) is 0. The number of aryl methyl sites for hydroxylation is 1. The van der Waals surface area contributed by atoms with E-state index < -0.39 is 0 Å². The van der Waals surface area contributed by atoms with Crippen molar-refractivity contribution < 1.29 is 13.9 Å². The van der Waals surface area contributed by atoms with Crippen LogP contribution < -0.4 is 9.47 Å². The van der Waals surface area contributed by atoms with E-state index in [4.69, 9.17) is 13.9 Å². The summed E-state index contributed by atoms with van der Waals surface area (Å²) < 4.78 is 16.4. The zero-order chi connectivity index (χ0) is 15.5. The Labute approximate surface area is 128 Å². The van der Waals surface area contributed by atoms with E-state index in [1.54, 1.807) is 20.3 Å². The van der Waals surface area contributed by atoms with Crippen molar-refractivity contribution in [3.05, 3.63) is 48.0 Å². The molecular weight excluding hydrogens is 280 g/mol. The topological polar surface area (TPSA) is 57.4 Å². The number of benzene rings is 2. The average molecular weight is 296 g/mol. The van der Waals surface area contributed by atoms with E-state index in [-0.39, 0.29) is 0 Å². The number of nitrogens with zero attached hydrogens (tertiary/aromatic N) is 2. The second-order valence-corrected chi connectivity index (χ2v) is 4.79. The van der Waals surface area contributed by atoms with Gasteiger partial charge in [0.15, 0.2) is 0 Å². The molecule has 1 aromatic heterocycles. The van der Waals surface area contributed by atoms with Crippen LogP contribution in [0.4, 0.5) is 0 Å². The summed E-state index contributed by atoms with van der Waals surface area (Å²) in [5.41, 5.74) is 2.74. The molecule has 0 radical (unpaired) electrons. The molecule has 0 fully saturated rings. The minimum atomic E-state index is 0.415. The fourth-order valence-corrected chi connectivity index (χ4v) is 2.23. The number of rotatable bonds is 4. The van der Waals surface area contributed by atoms with Crippen molar-refractivity contribution in [2.45, 2.75) is 6.92 Å². The van der Waals surface area contributed by atoms with Gasteiger partial charge in [0.25, 0.3) is 5.89 Å². The number of aromatic nitrogens is 2. The maximum absolute atomic E-state index is 5.81. The highest BCUT2D eigenvalue weighted by molar-refractivity contribution is 5.66. The predicted octanol–water partition coefficient (Wildman–Crippen LogP) is 3.73. The lowest BCUT2D eigenvalue weighted by molar-refractivity contribution is 0.394. The van der Waals surface area contributed by atoms with Gasteiger partial charge in [-0.2, -0.15) is 0 Å². The minimum absolute atomic E-state index is 0.415. The molecule has 5 nitrogen and oxygen atoms in total. The molecule has 0 atom stereocenters. The van der Waals surface area contributed by atoms with Crippen LogP contribution in [0.2, 0.25) is 0 Å². The highest BCUT2D eigenvalue weighted by atomic mass is 16.5. The second-order valence-electron chi connectivity index (χ2n) is 4.79. The van der Waals surface area contributed by atoms with Crippen LogP contribution in [-0.4, -0.2) is 24.4 Å². The molecular formula is C17H16N2O3. The largest absolute Gasteiger partial charge is 0.497 e. The maximum atomic E-state index is 5.81. The third kappa shape index (κ3) is 2.53. The molecule has 0 saturated carbocycles. The molecule has 2 aromatic carbocycles. The summed E-state index contributed by atoms with van der Waals surface area (Å²) in [7, 11) is 3.20. The fourth-order valence-electron chi connectivity index (χ4n) is 2.23. The number of hydrogen-bond donors (Lipinski definition) is 0. The van der Waals surface area contributed by atoms with Gasteiger partial charge in [0.1, 0.15) is 11.5 Å². The van der Waals surface area contributed by atoms with Crippen LogP contribution in [0.3, 0.4) is 0 Å². The van der Waals surface area contributed by atoms with Gasteiger partial charge >= 0.3 is 0 Å². The molecule has 0 unspecified atom stereocenters. The maximum Gasteiger partial charge on any atom is 0.251 e. The molecule has 1 heterocycles. The predicted molar refractivity (Wildman–Crippen MR) is 83.0 cm³/mol. The SMILES string of the molecule is COc1ccc(-c2nnc(-c3ccccc3C)o2)c(OC)c1. The molecule has 3 rings (SSSR count). The Bertz CT molecular complexity index is 796. The Morgan fingerprint density at radius 1 is 0.864 bits per heavy atom. The summed E-state index contributed by atoms with van der Waals surface area (Å²) in [6, 6.07) is 13.3. The number of methoxy groups -OCH3 is 2. The van der Waals surface area contributed by atoms with Crippen LogP contribution in [0.1, 0.15) is 5.56 Å². The van der Waals surface area contributed by atoms with Crippen molar-refractivity contribution in [1.29, 1.82) is 0 Å². The summed E-state index contributed by atoms with van der Waals surface area (Å²) in [6.07, 6.45) is 0. The van der Waals surface area contributed by atoms with Crippen LogP contribution >= 0.6 is 0 Å². The smallest absolute Gasteiger partial charge is 0.251 e. The summed E-state index contributed by atoms with van der Waals surface area (Å²) in [6.45, 7) is 2.01. The molecule has 112 valence electrons. The summed E-state index contributed by atoms with van der Waals surface area (Å²) in [5, 5.41) is 8.27. The molecule has 3 aromatic rings. The van der Waals surface area contributed by atoms with E-state index in [1.165, 1.54) is 0 Å². The van der Waals surface area contributed by atoms with Crippen molar-refractivity contribution >= 4 is 0 Å². The van der Waals surface area contributed by atoms with Gasteiger partial charge in [-0.15, -0.1) is 10.2 Å². The molecule has 0 amide bonds. The molecule has 0 bridgehead atoms. The van der Waals surface area contributed by atoms with Gasteiger partial charge in [-0.05, 0) is 30.7 Å². The summed E-state index contributed by atoms with van der Waals surface area (Å²) in [5.74, 6) is 2.24. The lowest BCUT2D eigenvalue weighted by Crippen LogP contribution is -1.90. The lowest BCUT2D eigenvalue weighted by atomic mass is 10.1. The Morgan fingerprint density at radius 3 is 2.27 bits per heavy atom. The van der Waals surface area contributed by atoms with Gasteiger partial charge in [-0.1, -0.05) is 18.2 Å². The number of hydrogen-bond acceptors (Lipinski definition) is 5. The van der Waals surface area contributed by atoms with Crippen molar-refractivity contribution in [3.8, 4) is 34.4 Å². The van der Waals surface area contributed by atoms with Crippen molar-refractivity contribution in [2.75, 3.05) is 14.2 Å². The Kier molecular flexibility index (Phi) is 3.78. The molecule has 0 saturated heterocycles. The number of ether oxygens (including phenoxy) is 2. The quantitative estimate of drug-likeness (QED) is 0.734. The third-order valence-electron chi connectivity index (χ3n) is 3.44. The molecule has 5 heteroatoms. The highest BCUT2D eigenvalue weighted by Gasteiger charge is 2.16. The van der Waals surface area contributed by atoms with E-state index >= 15 is 0 Å². The van der Waals surface area contributed by atoms with E-state index in [0.29, 0.717) is 23.3 Å². The first-order valence-corrected chi connectivity index (χ1v) is 6.85. The molecule has 0 aliphatic rings. The van der Waals surface area contributed by atoms with Gasteiger partial charge in [0.2, 0.25) is 5.89 Å². The Balaban J connectivity index is 2.03. The zero-order valence-corrected chi connectivity index (χ0v) is 12.7. The van der Waals surface area contributed by atoms with Crippen LogP contribution in [0, 0.1) is 6.92 Å². The second kappa shape index (κ2) is 5.89. The monoisotopic (exact) mass is 296 g/mol. The van der Waals surface area contributed by atoms with Gasteiger partial charge in [-0.3, -0.25) is 0 Å². The van der Waals surface area contributed by atoms with Gasteiger partial charge in [-0.25, -0.2) is 0 Å². The van der Waals surface area contributed by atoms with Crippen LogP contribution in [-0.2, 0) is 0 Å². The lowest BCUT2D eigenvalue weighted by Gasteiger charge is -2.07. The first-order chi connectivity index (χ1) is 10.7. The first-order valence-electron chi connectivity index (χ1n) is 6.85. The van der Waals surface area contributed by atoms with Crippen molar-refractivity contribution in [3.63, 3.8) is 0 Å². The van der Waals surface area contributed by atoms with Crippen molar-refractivity contribution in [2.24, 2.45) is 0 Å². The molecule has 0 aliphatic heterocycles. The fraction of sp³-hybridized carbons (Fsp3) is 0.176. The standard InChI is InChI=1S/C17H16N2O3/c1-11-6-4-5-7-13(11)16-18-19-17(22-16)14-9-8-12(20-2)10-15(14)21-3/h4-10H,1-3H3. The van der Waals surface area contributed by atoms with Gasteiger partial charge < -0.3 is 13.9 Å². The van der Waals surface area contributed by atoms with Crippen LogP contribution in [0.15, 0.2) is 46.9 Å². The van der Waals surface area contributed by atoms with E-state index in [1.807, 2.05) is 43.3 Å². The van der Waals surface area contributed by atoms with Gasteiger partial charge in [0, 0.05) is 11.6 Å². The molecule has 0 N–H and O–H groups in total. The highest BCUT2D eigenvalue weighted by Crippen LogP contribution is 2.34. The Morgan fingerprint density at radius 2 is 1.59 bits per heavy atom.